The Kier molecular flexibility index (Phi) is 4.72. The van der Waals surface area contributed by atoms with Crippen LogP contribution >= 0.6 is 11.8 Å². The van der Waals surface area contributed by atoms with Crippen molar-refractivity contribution in [3.63, 3.8) is 0 Å². The van der Waals surface area contributed by atoms with Gasteiger partial charge in [0.25, 0.3) is 0 Å². The van der Waals surface area contributed by atoms with Gasteiger partial charge in [0.2, 0.25) is 11.5 Å². The van der Waals surface area contributed by atoms with Crippen LogP contribution < -0.4 is 0 Å². The maximum absolute atomic E-state index is 11.9. The van der Waals surface area contributed by atoms with Crippen molar-refractivity contribution in [2.45, 2.75) is 17.2 Å². The Bertz CT molecular complexity index is 1350. The molecule has 6 nitrogen and oxygen atoms in total. The lowest BCUT2D eigenvalue weighted by Gasteiger charge is -2.02. The van der Waals surface area contributed by atoms with Crippen LogP contribution in [0.25, 0.3) is 27.9 Å². The van der Waals surface area contributed by atoms with Crippen LogP contribution in [0, 0.1) is 0 Å². The van der Waals surface area contributed by atoms with Gasteiger partial charge < -0.3 is 13.9 Å². The average molecular weight is 416 g/mol. The van der Waals surface area contributed by atoms with E-state index in [0.717, 1.165) is 37.9 Å². The summed E-state index contributed by atoms with van der Waals surface area (Å²) in [6, 6.07) is 11.3. The van der Waals surface area contributed by atoms with Gasteiger partial charge >= 0.3 is 5.97 Å². The Morgan fingerprint density at radius 2 is 1.97 bits per heavy atom. The second-order valence-electron chi connectivity index (χ2n) is 6.86. The zero-order valence-electron chi connectivity index (χ0n) is 15.7. The van der Waals surface area contributed by atoms with Crippen molar-refractivity contribution in [2.24, 2.45) is 0 Å². The third-order valence-corrected chi connectivity index (χ3v) is 5.87. The molecule has 0 spiro atoms. The Hall–Kier alpha value is -3.58. The number of rotatable bonds is 1. The van der Waals surface area contributed by atoms with Gasteiger partial charge in [-0.1, -0.05) is 36.4 Å². The van der Waals surface area contributed by atoms with Gasteiger partial charge in [-0.15, -0.1) is 11.8 Å². The first-order chi connectivity index (χ1) is 14.7. The van der Waals surface area contributed by atoms with Gasteiger partial charge in [-0.2, -0.15) is 0 Å². The molecule has 0 unspecified atom stereocenters. The fourth-order valence-electron chi connectivity index (χ4n) is 3.43. The van der Waals surface area contributed by atoms with Crippen molar-refractivity contribution >= 4 is 45.7 Å². The van der Waals surface area contributed by atoms with Crippen molar-refractivity contribution < 1.29 is 18.7 Å². The van der Waals surface area contributed by atoms with E-state index in [2.05, 4.69) is 9.97 Å². The number of benzene rings is 1. The van der Waals surface area contributed by atoms with Crippen molar-refractivity contribution in [1.29, 1.82) is 0 Å². The van der Waals surface area contributed by atoms with E-state index in [9.17, 15) is 9.90 Å². The van der Waals surface area contributed by atoms with E-state index in [4.69, 9.17) is 8.83 Å². The second kappa shape index (κ2) is 7.68. The first-order valence-corrected chi connectivity index (χ1v) is 10.3. The van der Waals surface area contributed by atoms with Crippen LogP contribution in [0.3, 0.4) is 0 Å². The predicted octanol–water partition coefficient (Wildman–Crippen LogP) is 5.65. The van der Waals surface area contributed by atoms with Gasteiger partial charge in [0, 0.05) is 16.7 Å². The second-order valence-corrected chi connectivity index (χ2v) is 7.83. The van der Waals surface area contributed by atoms with Crippen LogP contribution in [-0.2, 0) is 12.2 Å². The van der Waals surface area contributed by atoms with Crippen molar-refractivity contribution in [3.05, 3.63) is 83.8 Å². The molecule has 6 rings (SSSR count). The summed E-state index contributed by atoms with van der Waals surface area (Å²) in [5.74, 6) is -0.647. The molecule has 148 valence electrons. The largest absolute Gasteiger partial charge is 0.475 e. The maximum atomic E-state index is 11.9. The highest BCUT2D eigenvalue weighted by molar-refractivity contribution is 7.99. The maximum Gasteiger partial charge on any atom is 0.371 e. The summed E-state index contributed by atoms with van der Waals surface area (Å²) in [5.41, 5.74) is 2.89. The standard InChI is InChI=1S/C23H16N2O4S/c26-23(27)19-9-15-2-1-3-16(8-15)11-28-10-14-4-6-17(7-5-14)18-12-30-22-20(18)21(29-19)24-13-25-22/h1,3-11,13H,2,12H2,(H,26,27). The fraction of sp³-hybridized carbons (Fsp3) is 0.0870. The zero-order valence-corrected chi connectivity index (χ0v) is 16.6. The minimum absolute atomic E-state index is 0.192. The number of aromatic nitrogens is 2. The van der Waals surface area contributed by atoms with Gasteiger partial charge in [-0.05, 0) is 35.1 Å². The fourth-order valence-corrected chi connectivity index (χ4v) is 4.50. The number of thioether (sulfide) groups is 1. The number of allylic oxidation sites excluding steroid dienone is 1. The van der Waals surface area contributed by atoms with Gasteiger partial charge in [-0.25, -0.2) is 14.8 Å². The topological polar surface area (TPSA) is 89.4 Å². The van der Waals surface area contributed by atoms with Crippen LogP contribution in [0.1, 0.15) is 27.2 Å². The molecule has 30 heavy (non-hydrogen) atoms. The van der Waals surface area contributed by atoms with E-state index < -0.39 is 5.97 Å². The molecular weight excluding hydrogens is 400 g/mol. The number of carboxylic acids is 1. The molecule has 0 saturated carbocycles. The molecule has 1 aliphatic heterocycles. The minimum atomic E-state index is -1.16. The van der Waals surface area contributed by atoms with Gasteiger partial charge in [0.05, 0.1) is 17.9 Å². The Morgan fingerprint density at radius 1 is 1.10 bits per heavy atom. The number of nitrogens with zero attached hydrogens (tertiary/aromatic N) is 2. The summed E-state index contributed by atoms with van der Waals surface area (Å²) >= 11 is 1.58. The molecule has 7 heteroatoms. The SMILES string of the molecule is O=C(O)c1cc2cc(cocc3ccc(cc3)c3c4c(ncnc4o1)SC3)C=CC2. The van der Waals surface area contributed by atoms with E-state index in [1.165, 1.54) is 12.4 Å². The summed E-state index contributed by atoms with van der Waals surface area (Å²) in [4.78, 5) is 20.5. The molecule has 4 bridgehead atoms. The molecule has 2 aliphatic rings. The molecule has 3 aromatic heterocycles. The molecule has 4 heterocycles. The van der Waals surface area contributed by atoms with E-state index in [1.807, 2.05) is 42.5 Å². The molecule has 0 atom stereocenters. The third-order valence-electron chi connectivity index (χ3n) is 4.85. The normalized spacial score (nSPS) is 13.1. The summed E-state index contributed by atoms with van der Waals surface area (Å²) in [7, 11) is 0. The highest BCUT2D eigenvalue weighted by Crippen LogP contribution is 2.38. The highest BCUT2D eigenvalue weighted by Gasteiger charge is 2.19. The molecule has 0 fully saturated rings. The number of carbonyl (C=O) groups is 1. The van der Waals surface area contributed by atoms with Crippen LogP contribution in [-0.4, -0.2) is 21.0 Å². The number of fused-ring (bicyclic) bond motifs is 6. The molecule has 4 aromatic rings. The molecule has 0 amide bonds. The number of hydrogen-bond donors (Lipinski definition) is 1. The van der Waals surface area contributed by atoms with Crippen LogP contribution in [0.15, 0.2) is 75.2 Å². The average Bonchev–Trinajstić information content (AvgIpc) is 3.19. The smallest absolute Gasteiger partial charge is 0.371 e. The first kappa shape index (κ1) is 18.4. The van der Waals surface area contributed by atoms with Crippen molar-refractivity contribution in [3.8, 4) is 0 Å². The van der Waals surface area contributed by atoms with E-state index in [0.29, 0.717) is 12.2 Å². The molecular formula is C23H16N2O4S. The van der Waals surface area contributed by atoms with Crippen LogP contribution in [0.5, 0.6) is 0 Å². The third kappa shape index (κ3) is 3.55. The number of aromatic carboxylic acids is 1. The molecule has 0 saturated heterocycles. The van der Waals surface area contributed by atoms with E-state index in [-0.39, 0.29) is 11.5 Å². The van der Waals surface area contributed by atoms with Crippen molar-refractivity contribution in [1.82, 2.24) is 9.97 Å². The molecule has 1 N–H and O–H groups in total. The Morgan fingerprint density at radius 3 is 2.80 bits per heavy atom. The highest BCUT2D eigenvalue weighted by atomic mass is 32.2. The van der Waals surface area contributed by atoms with Crippen LogP contribution in [0.2, 0.25) is 0 Å². The molecule has 0 radical (unpaired) electrons. The summed E-state index contributed by atoms with van der Waals surface area (Å²) < 4.78 is 11.4. The summed E-state index contributed by atoms with van der Waals surface area (Å²) in [6.45, 7) is 0. The van der Waals surface area contributed by atoms with E-state index in [1.54, 1.807) is 24.3 Å². The molecule has 1 aliphatic carbocycles. The predicted molar refractivity (Wildman–Crippen MR) is 115 cm³/mol. The summed E-state index contributed by atoms with van der Waals surface area (Å²) in [6.07, 6.45) is 9.17. The van der Waals surface area contributed by atoms with Crippen molar-refractivity contribution in [2.75, 3.05) is 0 Å². The van der Waals surface area contributed by atoms with Crippen LogP contribution in [0.4, 0.5) is 0 Å². The van der Waals surface area contributed by atoms with Gasteiger partial charge in [-0.3, -0.25) is 0 Å². The lowest BCUT2D eigenvalue weighted by atomic mass is 10.1. The Balaban J connectivity index is 1.94. The minimum Gasteiger partial charge on any atom is -0.475 e. The van der Waals surface area contributed by atoms with Gasteiger partial charge in [0.15, 0.2) is 0 Å². The monoisotopic (exact) mass is 416 g/mol. The molecule has 1 aromatic carbocycles. The summed E-state index contributed by atoms with van der Waals surface area (Å²) in [5, 5.41) is 13.2. The lowest BCUT2D eigenvalue weighted by molar-refractivity contribution is 0.0663. The number of carboxylic acid groups (broad SMARTS) is 1. The van der Waals surface area contributed by atoms with Gasteiger partial charge in [0.1, 0.15) is 11.4 Å². The Labute approximate surface area is 175 Å². The quantitative estimate of drug-likeness (QED) is 0.512. The first-order valence-electron chi connectivity index (χ1n) is 9.30. The zero-order chi connectivity index (χ0) is 20.5. The lowest BCUT2D eigenvalue weighted by Crippen LogP contribution is -1.97. The number of hydrogen-bond acceptors (Lipinski definition) is 6. The van der Waals surface area contributed by atoms with E-state index >= 15 is 0 Å².